The molecule has 1 aromatic carbocycles. The second-order valence-corrected chi connectivity index (χ2v) is 4.14. The molecule has 0 saturated heterocycles. The molecular weight excluding hydrogens is 253 g/mol. The molecule has 1 heterocycles. The van der Waals surface area contributed by atoms with E-state index in [1.165, 1.54) is 0 Å². The first-order valence-electron chi connectivity index (χ1n) is 4.48. The number of benzene rings is 1. The Balaban J connectivity index is 2.17. The van der Waals surface area contributed by atoms with Crippen LogP contribution in [0.1, 0.15) is 5.01 Å². The van der Waals surface area contributed by atoms with Crippen LogP contribution in [-0.4, -0.2) is 10.2 Å². The number of aromatic nitrogens is 2. The number of halogens is 3. The SMILES string of the molecule is Nc1cccc(Nc2nnc(C(F)(F)F)s2)c1. The maximum absolute atomic E-state index is 12.3. The van der Waals surface area contributed by atoms with E-state index in [1.807, 2.05) is 0 Å². The van der Waals surface area contributed by atoms with Gasteiger partial charge in [-0.1, -0.05) is 17.4 Å². The Bertz CT molecular complexity index is 523. The molecule has 4 nitrogen and oxygen atoms in total. The van der Waals surface area contributed by atoms with Crippen LogP contribution < -0.4 is 11.1 Å². The quantitative estimate of drug-likeness (QED) is 0.815. The van der Waals surface area contributed by atoms with E-state index in [4.69, 9.17) is 5.73 Å². The Labute approximate surface area is 98.3 Å². The molecule has 0 radical (unpaired) electrons. The van der Waals surface area contributed by atoms with Crippen LogP contribution in [0.2, 0.25) is 0 Å². The molecule has 0 aliphatic carbocycles. The number of hydrogen-bond donors (Lipinski definition) is 2. The summed E-state index contributed by atoms with van der Waals surface area (Å²) < 4.78 is 36.8. The average Bonchev–Trinajstić information content (AvgIpc) is 2.65. The molecule has 3 N–H and O–H groups in total. The van der Waals surface area contributed by atoms with Crippen molar-refractivity contribution in [2.75, 3.05) is 11.1 Å². The van der Waals surface area contributed by atoms with E-state index in [1.54, 1.807) is 24.3 Å². The molecule has 0 aliphatic heterocycles. The van der Waals surface area contributed by atoms with Crippen LogP contribution in [-0.2, 0) is 6.18 Å². The first-order valence-corrected chi connectivity index (χ1v) is 5.30. The molecule has 0 spiro atoms. The molecule has 0 atom stereocenters. The highest BCUT2D eigenvalue weighted by Gasteiger charge is 2.35. The molecule has 1 aromatic heterocycles. The van der Waals surface area contributed by atoms with Gasteiger partial charge in [-0.05, 0) is 18.2 Å². The van der Waals surface area contributed by atoms with Gasteiger partial charge in [0.1, 0.15) is 0 Å². The van der Waals surface area contributed by atoms with Crippen LogP contribution in [0.25, 0.3) is 0 Å². The van der Waals surface area contributed by atoms with E-state index in [0.29, 0.717) is 22.7 Å². The summed E-state index contributed by atoms with van der Waals surface area (Å²) in [5.41, 5.74) is 6.61. The van der Waals surface area contributed by atoms with Crippen LogP contribution in [0.15, 0.2) is 24.3 Å². The summed E-state index contributed by atoms with van der Waals surface area (Å²) in [4.78, 5) is 0. The van der Waals surface area contributed by atoms with Crippen LogP contribution in [0.5, 0.6) is 0 Å². The third kappa shape index (κ3) is 2.84. The van der Waals surface area contributed by atoms with Gasteiger partial charge in [-0.25, -0.2) is 0 Å². The fraction of sp³-hybridized carbons (Fsp3) is 0.111. The average molecular weight is 260 g/mol. The lowest BCUT2D eigenvalue weighted by molar-refractivity contribution is -0.138. The summed E-state index contributed by atoms with van der Waals surface area (Å²) in [7, 11) is 0. The zero-order valence-corrected chi connectivity index (χ0v) is 9.14. The number of hydrogen-bond acceptors (Lipinski definition) is 5. The van der Waals surface area contributed by atoms with E-state index in [0.717, 1.165) is 0 Å². The summed E-state index contributed by atoms with van der Waals surface area (Å²) in [6, 6.07) is 6.62. The Hall–Kier alpha value is -1.83. The molecule has 90 valence electrons. The molecule has 0 unspecified atom stereocenters. The van der Waals surface area contributed by atoms with Crippen molar-refractivity contribution in [3.63, 3.8) is 0 Å². The Morgan fingerprint density at radius 3 is 2.59 bits per heavy atom. The zero-order valence-electron chi connectivity index (χ0n) is 8.32. The monoisotopic (exact) mass is 260 g/mol. The van der Waals surface area contributed by atoms with E-state index in [9.17, 15) is 13.2 Å². The molecule has 0 bridgehead atoms. The molecule has 2 rings (SSSR count). The van der Waals surface area contributed by atoms with Crippen molar-refractivity contribution in [2.24, 2.45) is 0 Å². The summed E-state index contributed by atoms with van der Waals surface area (Å²) in [6.07, 6.45) is -4.46. The Morgan fingerprint density at radius 1 is 1.24 bits per heavy atom. The third-order valence-electron chi connectivity index (χ3n) is 1.81. The van der Waals surface area contributed by atoms with Crippen molar-refractivity contribution in [3.05, 3.63) is 29.3 Å². The maximum Gasteiger partial charge on any atom is 0.445 e. The van der Waals surface area contributed by atoms with Crippen molar-refractivity contribution in [2.45, 2.75) is 6.18 Å². The normalized spacial score (nSPS) is 11.5. The maximum atomic E-state index is 12.3. The number of nitrogen functional groups attached to an aromatic ring is 1. The zero-order chi connectivity index (χ0) is 12.5. The minimum Gasteiger partial charge on any atom is -0.399 e. The first-order chi connectivity index (χ1) is 7.95. The van der Waals surface area contributed by atoms with Gasteiger partial charge in [0.05, 0.1) is 0 Å². The predicted octanol–water partition coefficient (Wildman–Crippen LogP) is 2.88. The topological polar surface area (TPSA) is 63.8 Å². The fourth-order valence-electron chi connectivity index (χ4n) is 1.13. The van der Waals surface area contributed by atoms with Crippen LogP contribution >= 0.6 is 11.3 Å². The Morgan fingerprint density at radius 2 is 2.00 bits per heavy atom. The highest BCUT2D eigenvalue weighted by molar-refractivity contribution is 7.15. The Kier molecular flexibility index (Phi) is 2.88. The van der Waals surface area contributed by atoms with Crippen molar-refractivity contribution >= 4 is 27.8 Å². The van der Waals surface area contributed by atoms with Crippen LogP contribution in [0.4, 0.5) is 29.7 Å². The number of anilines is 3. The van der Waals surface area contributed by atoms with Crippen molar-refractivity contribution in [3.8, 4) is 0 Å². The van der Waals surface area contributed by atoms with E-state index in [2.05, 4.69) is 15.5 Å². The molecule has 2 aromatic rings. The van der Waals surface area contributed by atoms with E-state index in [-0.39, 0.29) is 5.13 Å². The highest BCUT2D eigenvalue weighted by Crippen LogP contribution is 2.33. The van der Waals surface area contributed by atoms with Crippen molar-refractivity contribution < 1.29 is 13.2 Å². The summed E-state index contributed by atoms with van der Waals surface area (Å²) >= 11 is 0.441. The second kappa shape index (κ2) is 4.21. The molecular formula is C9H7F3N4S. The summed E-state index contributed by atoms with van der Waals surface area (Å²) in [6.45, 7) is 0. The van der Waals surface area contributed by atoms with Gasteiger partial charge in [0.15, 0.2) is 0 Å². The molecule has 0 amide bonds. The van der Waals surface area contributed by atoms with Gasteiger partial charge in [-0.2, -0.15) is 13.2 Å². The van der Waals surface area contributed by atoms with Gasteiger partial charge < -0.3 is 11.1 Å². The van der Waals surface area contributed by atoms with Gasteiger partial charge in [0.25, 0.3) is 0 Å². The smallest absolute Gasteiger partial charge is 0.399 e. The van der Waals surface area contributed by atoms with Crippen molar-refractivity contribution in [1.82, 2.24) is 10.2 Å². The number of alkyl halides is 3. The second-order valence-electron chi connectivity index (χ2n) is 3.16. The van der Waals surface area contributed by atoms with E-state index < -0.39 is 11.2 Å². The third-order valence-corrected chi connectivity index (χ3v) is 2.69. The largest absolute Gasteiger partial charge is 0.445 e. The molecule has 0 aliphatic rings. The lowest BCUT2D eigenvalue weighted by atomic mass is 10.3. The van der Waals surface area contributed by atoms with Gasteiger partial charge in [0, 0.05) is 11.4 Å². The number of nitrogens with two attached hydrogens (primary N) is 1. The van der Waals surface area contributed by atoms with E-state index >= 15 is 0 Å². The van der Waals surface area contributed by atoms with Crippen LogP contribution in [0.3, 0.4) is 0 Å². The van der Waals surface area contributed by atoms with Crippen molar-refractivity contribution in [1.29, 1.82) is 0 Å². The van der Waals surface area contributed by atoms with Crippen LogP contribution in [0, 0.1) is 0 Å². The number of nitrogens with zero attached hydrogens (tertiary/aromatic N) is 2. The molecule has 0 fully saturated rings. The van der Waals surface area contributed by atoms with Gasteiger partial charge in [0.2, 0.25) is 10.1 Å². The minimum absolute atomic E-state index is 0.0722. The fourth-order valence-corrected chi connectivity index (χ4v) is 1.76. The summed E-state index contributed by atoms with van der Waals surface area (Å²) in [5.74, 6) is 0. The minimum atomic E-state index is -4.46. The van der Waals surface area contributed by atoms with Gasteiger partial charge >= 0.3 is 6.18 Å². The standard InChI is InChI=1S/C9H7F3N4S/c10-9(11,12)7-15-16-8(17-7)14-6-3-1-2-5(13)4-6/h1-4H,13H2,(H,14,16). The highest BCUT2D eigenvalue weighted by atomic mass is 32.1. The predicted molar refractivity (Wildman–Crippen MR) is 59.0 cm³/mol. The van der Waals surface area contributed by atoms with Gasteiger partial charge in [-0.3, -0.25) is 0 Å². The van der Waals surface area contributed by atoms with Gasteiger partial charge in [-0.15, -0.1) is 10.2 Å². The molecule has 0 saturated carbocycles. The lowest BCUT2D eigenvalue weighted by Crippen LogP contribution is -2.03. The molecule has 8 heteroatoms. The number of nitrogens with one attached hydrogen (secondary N) is 1. The first kappa shape index (κ1) is 11.6. The molecule has 17 heavy (non-hydrogen) atoms. The lowest BCUT2D eigenvalue weighted by Gasteiger charge is -2.02. The summed E-state index contributed by atoms with van der Waals surface area (Å²) in [5, 5.41) is 8.25. The number of rotatable bonds is 2.